The molecule has 0 fully saturated rings. The molecule has 0 aliphatic heterocycles. The Labute approximate surface area is 488 Å². The third-order valence-electron chi connectivity index (χ3n) is 9.50. The Morgan fingerprint density at radius 3 is 0.769 bits per heavy atom. The predicted molar refractivity (Wildman–Crippen MR) is 269 cm³/mol. The number of alkyl halides is 3. The van der Waals surface area contributed by atoms with Crippen molar-refractivity contribution >= 4 is 0 Å². The Morgan fingerprint density at radius 1 is 0.308 bits per heavy atom. The van der Waals surface area contributed by atoms with Crippen LogP contribution in [0.2, 0.25) is 0 Å². The zero-order valence-corrected chi connectivity index (χ0v) is 48.5. The van der Waals surface area contributed by atoms with Gasteiger partial charge in [-0.05, 0) is 89.2 Å². The number of aryl methyl sites for hydroxylation is 5. The van der Waals surface area contributed by atoms with Gasteiger partial charge >= 0.3 is 69.4 Å². The van der Waals surface area contributed by atoms with Crippen LogP contribution in [-0.4, -0.2) is 70.5 Å². The van der Waals surface area contributed by atoms with Gasteiger partial charge in [-0.3, -0.25) is 39.9 Å². The van der Waals surface area contributed by atoms with Gasteiger partial charge < -0.3 is 61.2 Å². The number of hydrogen-bond donors (Lipinski definition) is 0. The van der Waals surface area contributed by atoms with Crippen molar-refractivity contribution in [1.29, 1.82) is 0 Å². The molecule has 12 aromatic heterocycles. The summed E-state index contributed by atoms with van der Waals surface area (Å²) in [5.74, 6) is 0. The van der Waals surface area contributed by atoms with E-state index in [9.17, 15) is 13.2 Å². The monoisotopic (exact) mass is 1590 g/mol. The summed E-state index contributed by atoms with van der Waals surface area (Å²) in [6.45, 7) is 9.54. The van der Waals surface area contributed by atoms with Crippen molar-refractivity contribution < 1.29 is 76.4 Å². The van der Waals surface area contributed by atoms with Crippen LogP contribution < -0.4 is 30.6 Å². The summed E-state index contributed by atoms with van der Waals surface area (Å²) in [7, 11) is 0. The fourth-order valence-corrected chi connectivity index (χ4v) is 6.05. The van der Waals surface area contributed by atoms with Crippen molar-refractivity contribution in [2.24, 2.45) is 0 Å². The van der Waals surface area contributed by atoms with Crippen molar-refractivity contribution in [3.63, 3.8) is 0 Å². The molecule has 0 atom stereocenters. The van der Waals surface area contributed by atoms with E-state index < -0.39 is 11.9 Å². The van der Waals surface area contributed by atoms with Crippen molar-refractivity contribution in [3.05, 3.63) is 205 Å². The van der Waals surface area contributed by atoms with E-state index in [1.807, 2.05) is 120 Å². The molecular weight excluding hydrogens is 1550 g/mol. The fraction of sp³-hybridized carbons (Fsp3) is 0.115. The molecule has 0 saturated carbocycles. The van der Waals surface area contributed by atoms with Gasteiger partial charge in [-0.25, -0.2) is 0 Å². The molecule has 0 radical (unpaired) electrons. The van der Waals surface area contributed by atoms with E-state index in [0.717, 1.165) is 91.5 Å². The van der Waals surface area contributed by atoms with Gasteiger partial charge in [0.25, 0.3) is 0 Å². The quantitative estimate of drug-likeness (QED) is 0.153. The van der Waals surface area contributed by atoms with Gasteiger partial charge in [0, 0.05) is 101 Å². The van der Waals surface area contributed by atoms with E-state index in [4.69, 9.17) is 0 Å². The van der Waals surface area contributed by atoms with Crippen LogP contribution in [0.4, 0.5) is 13.2 Å². The first-order valence-corrected chi connectivity index (χ1v) is 22.5. The normalized spacial score (nSPS) is 10.0. The van der Waals surface area contributed by atoms with Crippen molar-refractivity contribution in [2.75, 3.05) is 0 Å². The second-order valence-corrected chi connectivity index (χ2v) is 15.5. The largest absolute Gasteiger partial charge is 2.00 e. The second-order valence-electron chi connectivity index (χ2n) is 15.5. The summed E-state index contributed by atoms with van der Waals surface area (Å²) >= 11 is 0. The molecule has 0 N–H and O–H groups in total. The van der Waals surface area contributed by atoms with E-state index in [1.54, 1.807) is 74.0 Å². The number of pyridine rings is 4. The molecule has 0 aliphatic rings. The van der Waals surface area contributed by atoms with Crippen molar-refractivity contribution in [1.82, 2.24) is 101 Å². The average Bonchev–Trinajstić information content (AvgIpc) is 4.34. The van der Waals surface area contributed by atoms with Crippen molar-refractivity contribution in [2.45, 2.75) is 40.8 Å². The van der Waals surface area contributed by atoms with E-state index in [-0.39, 0.29) is 68.9 Å². The molecule has 0 bridgehead atoms. The summed E-state index contributed by atoms with van der Waals surface area (Å²) < 4.78 is 36.6. The molecule has 12 aromatic rings. The summed E-state index contributed by atoms with van der Waals surface area (Å²) in [5.41, 5.74) is 12.3. The molecule has 0 saturated heterocycles. The van der Waals surface area contributed by atoms with E-state index >= 15 is 0 Å². The molecule has 0 unspecified atom stereocenters. The van der Waals surface area contributed by atoms with Gasteiger partial charge in [-0.15, -0.1) is 0 Å². The van der Waals surface area contributed by atoms with Gasteiger partial charge in [-0.2, -0.15) is 13.2 Å². The first kappa shape index (κ1) is 62.4. The molecule has 78 heavy (non-hydrogen) atoms. The standard InChI is InChI=1S/C9H5F3N3.3C9H8N3.2C8H7N4.3Pt/c10-9(11,12)8-5-7(14-15-8)6-3-1-2-4-13-6;3*1-7-6-9(12-11-7)8-4-2-3-5-10-8;2*1-6-4-7(12-11-6)8-5-9-2-3-10-8;;;/h1-5H;3*2-6H,1H3;2*2-5H,1H3;;;/q6*-1;3*+2. The van der Waals surface area contributed by atoms with Gasteiger partial charge in [0.1, 0.15) is 5.69 Å². The minimum absolute atomic E-state index is 0. The van der Waals surface area contributed by atoms with E-state index in [2.05, 4.69) is 101 Å². The molecule has 402 valence electrons. The predicted octanol–water partition coefficient (Wildman–Crippen LogP) is 7.95. The van der Waals surface area contributed by atoms with Crippen LogP contribution in [0.3, 0.4) is 0 Å². The summed E-state index contributed by atoms with van der Waals surface area (Å²) in [6, 6.07) is 32.5. The van der Waals surface area contributed by atoms with Gasteiger partial charge in [-0.1, -0.05) is 88.8 Å². The molecule has 0 amide bonds. The van der Waals surface area contributed by atoms with Gasteiger partial charge in [0.15, 0.2) is 0 Å². The smallest absolute Gasteiger partial charge is 0.574 e. The third-order valence-corrected chi connectivity index (χ3v) is 9.50. The second kappa shape index (κ2) is 31.8. The molecule has 0 spiro atoms. The minimum Gasteiger partial charge on any atom is -0.574 e. The zero-order chi connectivity index (χ0) is 52.8. The molecule has 26 heteroatoms. The number of hydrogen-bond acceptors (Lipinski definition) is 14. The summed E-state index contributed by atoms with van der Waals surface area (Å²) in [6.07, 6.45) is 12.2. The molecule has 12 heterocycles. The molecule has 0 aromatic carbocycles. The summed E-state index contributed by atoms with van der Waals surface area (Å²) in [5, 5.41) is 45.7. The van der Waals surface area contributed by atoms with E-state index in [1.165, 1.54) is 6.20 Å². The molecule has 0 aliphatic carbocycles. The maximum atomic E-state index is 12.2. The number of aromatic nitrogens is 20. The first-order chi connectivity index (χ1) is 36.4. The zero-order valence-electron chi connectivity index (χ0n) is 41.7. The van der Waals surface area contributed by atoms with Gasteiger partial charge in [0.2, 0.25) is 0 Å². The number of nitrogens with zero attached hydrogens (tertiary/aromatic N) is 20. The molecule has 20 nitrogen and oxygen atoms in total. The Bertz CT molecular complexity index is 3060. The SMILES string of the molecule is Cc1cc(-c2ccccn2)[n-]n1.Cc1cc(-c2ccccn2)[n-]n1.Cc1cc(-c2ccccn2)[n-]n1.Cc1cc(-c2cnccn2)[n-]n1.Cc1cc(-c2cnccn2)[n-]n1.FC(F)(F)c1cc(-c2ccccn2)[n-]n1.[Pt+2].[Pt+2].[Pt+2]. The Balaban J connectivity index is 0.000000201. The van der Waals surface area contributed by atoms with Crippen LogP contribution in [0.5, 0.6) is 0 Å². The van der Waals surface area contributed by atoms with Gasteiger partial charge in [0.05, 0.1) is 23.8 Å². The van der Waals surface area contributed by atoms with Crippen LogP contribution >= 0.6 is 0 Å². The maximum Gasteiger partial charge on any atom is 2.00 e. The van der Waals surface area contributed by atoms with Crippen LogP contribution in [-0.2, 0) is 69.4 Å². The fourth-order valence-electron chi connectivity index (χ4n) is 6.05. The maximum absolute atomic E-state index is 12.2. The Kier molecular flexibility index (Phi) is 25.5. The van der Waals surface area contributed by atoms with E-state index in [0.29, 0.717) is 5.69 Å². The van der Waals surface area contributed by atoms with Crippen LogP contribution in [0.15, 0.2) is 171 Å². The first-order valence-electron chi connectivity index (χ1n) is 22.5. The van der Waals surface area contributed by atoms with Crippen molar-refractivity contribution in [3.8, 4) is 68.3 Å². The third kappa shape index (κ3) is 19.8. The average molecular weight is 1590 g/mol. The number of rotatable bonds is 6. The van der Waals surface area contributed by atoms with Crippen LogP contribution in [0.1, 0.15) is 34.2 Å². The Hall–Kier alpha value is -8.13. The molecule has 12 rings (SSSR count). The topological polar surface area (TPSA) is 265 Å². The molecular formula is C52H43F3N20Pt3. The Morgan fingerprint density at radius 2 is 0.564 bits per heavy atom. The minimum atomic E-state index is -4.46. The summed E-state index contributed by atoms with van der Waals surface area (Å²) in [4.78, 5) is 32.4. The van der Waals surface area contributed by atoms with Crippen LogP contribution in [0, 0.1) is 34.6 Å². The van der Waals surface area contributed by atoms with Crippen LogP contribution in [0.25, 0.3) is 68.3 Å². The number of halogens is 3.